The van der Waals surface area contributed by atoms with Gasteiger partial charge in [-0.1, -0.05) is 24.3 Å². The average molecular weight is 411 g/mol. The summed E-state index contributed by atoms with van der Waals surface area (Å²) in [7, 11) is 1.80. The maximum absolute atomic E-state index is 13.0. The van der Waals surface area contributed by atoms with Crippen molar-refractivity contribution in [2.75, 3.05) is 5.32 Å². The number of nitrogens with one attached hydrogen (secondary N) is 1. The molecule has 0 atom stereocenters. The number of hydrogen-bond donors (Lipinski definition) is 1. The standard InChI is InChI=1S/C20H18N4O2S2/c1-12-17(28-19(21-12)15-10-7-11-27-15)18(25)22-16-13(2)23(3)24(20(16)26)14-8-5-4-6-9-14/h4-11H,1-3H3,(H,22,25). The molecule has 4 rings (SSSR count). The van der Waals surface area contributed by atoms with Gasteiger partial charge in [0, 0.05) is 7.05 Å². The number of carbonyl (C=O) groups is 1. The van der Waals surface area contributed by atoms with Crippen molar-refractivity contribution in [3.05, 3.63) is 74.5 Å². The third-order valence-electron chi connectivity index (χ3n) is 4.53. The highest BCUT2D eigenvalue weighted by molar-refractivity contribution is 7.22. The quantitative estimate of drug-likeness (QED) is 0.547. The highest BCUT2D eigenvalue weighted by Gasteiger charge is 2.22. The number of thiophene rings is 1. The third kappa shape index (κ3) is 3.10. The first kappa shape index (κ1) is 18.4. The van der Waals surface area contributed by atoms with Crippen molar-refractivity contribution < 1.29 is 4.79 Å². The van der Waals surface area contributed by atoms with E-state index >= 15 is 0 Å². The van der Waals surface area contributed by atoms with Crippen LogP contribution in [0.2, 0.25) is 0 Å². The molecule has 28 heavy (non-hydrogen) atoms. The van der Waals surface area contributed by atoms with Crippen LogP contribution in [-0.2, 0) is 7.05 Å². The van der Waals surface area contributed by atoms with Gasteiger partial charge in [-0.05, 0) is 37.4 Å². The third-order valence-corrected chi connectivity index (χ3v) is 6.72. The molecule has 0 spiro atoms. The number of benzene rings is 1. The summed E-state index contributed by atoms with van der Waals surface area (Å²) < 4.78 is 3.28. The Bertz CT molecular complexity index is 1200. The van der Waals surface area contributed by atoms with Crippen molar-refractivity contribution in [3.8, 4) is 15.6 Å². The lowest BCUT2D eigenvalue weighted by atomic mass is 10.3. The average Bonchev–Trinajstić information content (AvgIpc) is 3.39. The number of thiazole rings is 1. The largest absolute Gasteiger partial charge is 0.315 e. The molecule has 4 aromatic rings. The lowest BCUT2D eigenvalue weighted by Gasteiger charge is -2.07. The van der Waals surface area contributed by atoms with Gasteiger partial charge in [-0.15, -0.1) is 22.7 Å². The Labute approximate surface area is 169 Å². The Balaban J connectivity index is 1.69. The molecule has 6 nitrogen and oxygen atoms in total. The van der Waals surface area contributed by atoms with Crippen LogP contribution >= 0.6 is 22.7 Å². The minimum atomic E-state index is -0.316. The van der Waals surface area contributed by atoms with E-state index in [0.29, 0.717) is 16.3 Å². The maximum atomic E-state index is 13.0. The molecule has 1 amide bonds. The van der Waals surface area contributed by atoms with Crippen LogP contribution in [0, 0.1) is 13.8 Å². The number of para-hydroxylation sites is 1. The zero-order chi connectivity index (χ0) is 19.8. The molecule has 142 valence electrons. The number of aryl methyl sites for hydroxylation is 1. The van der Waals surface area contributed by atoms with Crippen LogP contribution in [0.25, 0.3) is 15.6 Å². The number of nitrogens with zero attached hydrogens (tertiary/aromatic N) is 3. The Hall–Kier alpha value is -2.97. The summed E-state index contributed by atoms with van der Waals surface area (Å²) in [5.74, 6) is -0.316. The number of amides is 1. The molecule has 0 aliphatic heterocycles. The summed E-state index contributed by atoms with van der Waals surface area (Å²) in [6, 6.07) is 13.3. The molecule has 0 fully saturated rings. The van der Waals surface area contributed by atoms with Crippen molar-refractivity contribution in [1.29, 1.82) is 0 Å². The molecule has 0 saturated heterocycles. The van der Waals surface area contributed by atoms with Crippen molar-refractivity contribution in [2.45, 2.75) is 13.8 Å². The predicted octanol–water partition coefficient (Wildman–Crippen LogP) is 4.23. The number of aromatic nitrogens is 3. The topological polar surface area (TPSA) is 68.9 Å². The predicted molar refractivity (Wildman–Crippen MR) is 114 cm³/mol. The van der Waals surface area contributed by atoms with E-state index in [2.05, 4.69) is 10.3 Å². The summed E-state index contributed by atoms with van der Waals surface area (Å²) >= 11 is 2.92. The zero-order valence-electron chi connectivity index (χ0n) is 15.6. The minimum absolute atomic E-state index is 0.264. The van der Waals surface area contributed by atoms with E-state index in [9.17, 15) is 9.59 Å². The molecule has 0 saturated carbocycles. The summed E-state index contributed by atoms with van der Waals surface area (Å²) in [6.07, 6.45) is 0. The maximum Gasteiger partial charge on any atom is 0.295 e. The Kier molecular flexibility index (Phi) is 4.74. The lowest BCUT2D eigenvalue weighted by molar-refractivity contribution is 0.102. The first-order chi connectivity index (χ1) is 13.5. The number of carbonyl (C=O) groups excluding carboxylic acids is 1. The van der Waals surface area contributed by atoms with E-state index in [1.54, 1.807) is 27.7 Å². The van der Waals surface area contributed by atoms with Gasteiger partial charge in [-0.3, -0.25) is 14.3 Å². The molecule has 0 unspecified atom stereocenters. The summed E-state index contributed by atoms with van der Waals surface area (Å²) in [5.41, 5.74) is 2.10. The Morgan fingerprint density at radius 1 is 1.11 bits per heavy atom. The van der Waals surface area contributed by atoms with Crippen molar-refractivity contribution in [3.63, 3.8) is 0 Å². The smallest absolute Gasteiger partial charge is 0.295 e. The molecule has 3 aromatic heterocycles. The molecule has 3 heterocycles. The molecular formula is C20H18N4O2S2. The van der Waals surface area contributed by atoms with E-state index in [1.807, 2.05) is 61.7 Å². The first-order valence-corrected chi connectivity index (χ1v) is 10.3. The van der Waals surface area contributed by atoms with Gasteiger partial charge in [0.25, 0.3) is 11.5 Å². The highest BCUT2D eigenvalue weighted by Crippen LogP contribution is 2.31. The summed E-state index contributed by atoms with van der Waals surface area (Å²) in [4.78, 5) is 31.9. The fraction of sp³-hybridized carbons (Fsp3) is 0.150. The van der Waals surface area contributed by atoms with Crippen molar-refractivity contribution in [2.24, 2.45) is 7.05 Å². The van der Waals surface area contributed by atoms with Crippen LogP contribution in [0.4, 0.5) is 5.69 Å². The highest BCUT2D eigenvalue weighted by atomic mass is 32.1. The van der Waals surface area contributed by atoms with Gasteiger partial charge < -0.3 is 5.32 Å². The molecule has 0 aliphatic carbocycles. The van der Waals surface area contributed by atoms with Gasteiger partial charge >= 0.3 is 0 Å². The van der Waals surface area contributed by atoms with E-state index in [1.165, 1.54) is 11.3 Å². The van der Waals surface area contributed by atoms with Crippen LogP contribution in [0.15, 0.2) is 52.6 Å². The van der Waals surface area contributed by atoms with Gasteiger partial charge in [0.1, 0.15) is 15.6 Å². The van der Waals surface area contributed by atoms with E-state index in [0.717, 1.165) is 15.6 Å². The van der Waals surface area contributed by atoms with Gasteiger partial charge in [0.15, 0.2) is 0 Å². The van der Waals surface area contributed by atoms with E-state index in [-0.39, 0.29) is 17.2 Å². The van der Waals surface area contributed by atoms with Gasteiger partial charge in [0.2, 0.25) is 0 Å². The zero-order valence-corrected chi connectivity index (χ0v) is 17.2. The monoisotopic (exact) mass is 410 g/mol. The second kappa shape index (κ2) is 7.21. The number of rotatable bonds is 4. The van der Waals surface area contributed by atoms with Crippen LogP contribution in [0.1, 0.15) is 21.1 Å². The Morgan fingerprint density at radius 3 is 2.54 bits per heavy atom. The molecule has 1 aromatic carbocycles. The molecule has 0 bridgehead atoms. The van der Waals surface area contributed by atoms with Crippen LogP contribution in [0.3, 0.4) is 0 Å². The molecular weight excluding hydrogens is 392 g/mol. The fourth-order valence-corrected chi connectivity index (χ4v) is 4.75. The molecule has 0 radical (unpaired) electrons. The van der Waals surface area contributed by atoms with Crippen LogP contribution in [0.5, 0.6) is 0 Å². The van der Waals surface area contributed by atoms with Gasteiger partial charge in [-0.2, -0.15) is 0 Å². The fourth-order valence-electron chi connectivity index (χ4n) is 3.00. The van der Waals surface area contributed by atoms with Crippen molar-refractivity contribution >= 4 is 34.3 Å². The molecule has 0 aliphatic rings. The number of hydrogen-bond acceptors (Lipinski definition) is 5. The summed E-state index contributed by atoms with van der Waals surface area (Å²) in [5, 5.41) is 5.59. The number of anilines is 1. The minimum Gasteiger partial charge on any atom is -0.315 e. The first-order valence-electron chi connectivity index (χ1n) is 8.64. The van der Waals surface area contributed by atoms with Gasteiger partial charge in [0.05, 0.1) is 22.0 Å². The summed E-state index contributed by atoms with van der Waals surface area (Å²) in [6.45, 7) is 3.62. The molecule has 8 heteroatoms. The lowest BCUT2D eigenvalue weighted by Crippen LogP contribution is -2.22. The second-order valence-corrected chi connectivity index (χ2v) is 8.25. The normalized spacial score (nSPS) is 11.0. The second-order valence-electron chi connectivity index (χ2n) is 6.30. The van der Waals surface area contributed by atoms with Crippen LogP contribution in [-0.4, -0.2) is 20.3 Å². The van der Waals surface area contributed by atoms with Gasteiger partial charge in [-0.25, -0.2) is 9.67 Å². The SMILES string of the molecule is Cc1nc(-c2cccs2)sc1C(=O)Nc1c(C)n(C)n(-c2ccccc2)c1=O. The molecule has 1 N–H and O–H groups in total. The van der Waals surface area contributed by atoms with Crippen LogP contribution < -0.4 is 10.9 Å². The van der Waals surface area contributed by atoms with Crippen molar-refractivity contribution in [1.82, 2.24) is 14.3 Å². The van der Waals surface area contributed by atoms with E-state index < -0.39 is 0 Å². The Morgan fingerprint density at radius 2 is 1.86 bits per heavy atom. The van der Waals surface area contributed by atoms with E-state index in [4.69, 9.17) is 0 Å².